The molecule has 5 heteroatoms. The highest BCUT2D eigenvalue weighted by Gasteiger charge is 2.20. The fraction of sp³-hybridized carbons (Fsp3) is 0.316. The van der Waals surface area contributed by atoms with E-state index in [1.54, 1.807) is 7.11 Å². The summed E-state index contributed by atoms with van der Waals surface area (Å²) >= 11 is 0. The zero-order valence-corrected chi connectivity index (χ0v) is 13.9. The summed E-state index contributed by atoms with van der Waals surface area (Å²) in [5.41, 5.74) is 2.15. The molecule has 1 amide bonds. The Morgan fingerprint density at radius 2 is 1.67 bits per heavy atom. The standard InChI is InChI=1S/C19H23N3O2/c1-24-18-9-7-16(8-10-18)20-15-19(23)22-13-11-21(12-14-22)17-5-3-2-4-6-17/h2-10,20H,11-15H2,1H3. The van der Waals surface area contributed by atoms with E-state index in [4.69, 9.17) is 4.74 Å². The van der Waals surface area contributed by atoms with E-state index in [9.17, 15) is 4.79 Å². The van der Waals surface area contributed by atoms with Crippen LogP contribution in [0.15, 0.2) is 54.6 Å². The minimum atomic E-state index is 0.138. The lowest BCUT2D eigenvalue weighted by Crippen LogP contribution is -2.50. The van der Waals surface area contributed by atoms with Crippen molar-refractivity contribution in [2.45, 2.75) is 0 Å². The first-order chi connectivity index (χ1) is 11.8. The van der Waals surface area contributed by atoms with Crippen LogP contribution in [0.1, 0.15) is 0 Å². The molecular weight excluding hydrogens is 302 g/mol. The highest BCUT2D eigenvalue weighted by atomic mass is 16.5. The normalized spacial score (nSPS) is 14.4. The van der Waals surface area contributed by atoms with Crippen LogP contribution in [0.5, 0.6) is 5.75 Å². The van der Waals surface area contributed by atoms with Gasteiger partial charge in [0.1, 0.15) is 5.75 Å². The third-order valence-electron chi connectivity index (χ3n) is 4.29. The van der Waals surface area contributed by atoms with Crippen molar-refractivity contribution in [2.24, 2.45) is 0 Å². The molecule has 1 heterocycles. The Kier molecular flexibility index (Phi) is 5.21. The molecule has 0 bridgehead atoms. The van der Waals surface area contributed by atoms with Gasteiger partial charge >= 0.3 is 0 Å². The summed E-state index contributed by atoms with van der Waals surface area (Å²) in [5, 5.41) is 3.18. The fourth-order valence-corrected chi connectivity index (χ4v) is 2.85. The number of hydrogen-bond acceptors (Lipinski definition) is 4. The van der Waals surface area contributed by atoms with Crippen LogP contribution in [0.4, 0.5) is 11.4 Å². The van der Waals surface area contributed by atoms with Gasteiger partial charge in [-0.3, -0.25) is 4.79 Å². The largest absolute Gasteiger partial charge is 0.497 e. The highest BCUT2D eigenvalue weighted by molar-refractivity contribution is 5.81. The first-order valence-corrected chi connectivity index (χ1v) is 8.22. The Morgan fingerprint density at radius 1 is 1.00 bits per heavy atom. The summed E-state index contributed by atoms with van der Waals surface area (Å²) in [7, 11) is 1.64. The van der Waals surface area contributed by atoms with Crippen molar-refractivity contribution in [3.8, 4) is 5.75 Å². The molecule has 1 N–H and O–H groups in total. The maximum absolute atomic E-state index is 12.4. The van der Waals surface area contributed by atoms with Crippen LogP contribution < -0.4 is 15.0 Å². The number of ether oxygens (including phenoxy) is 1. The molecule has 0 unspecified atom stereocenters. The predicted molar refractivity (Wildman–Crippen MR) is 96.7 cm³/mol. The van der Waals surface area contributed by atoms with Gasteiger partial charge in [-0.25, -0.2) is 0 Å². The van der Waals surface area contributed by atoms with E-state index in [0.29, 0.717) is 6.54 Å². The Morgan fingerprint density at radius 3 is 2.29 bits per heavy atom. The Balaban J connectivity index is 1.46. The quantitative estimate of drug-likeness (QED) is 0.917. The number of amides is 1. The number of hydrogen-bond donors (Lipinski definition) is 1. The molecule has 0 radical (unpaired) electrons. The predicted octanol–water partition coefficient (Wildman–Crippen LogP) is 2.46. The van der Waals surface area contributed by atoms with E-state index in [0.717, 1.165) is 37.6 Å². The van der Waals surface area contributed by atoms with Gasteiger partial charge in [0.25, 0.3) is 0 Å². The number of nitrogens with one attached hydrogen (secondary N) is 1. The van der Waals surface area contributed by atoms with Crippen LogP contribution in [0.2, 0.25) is 0 Å². The van der Waals surface area contributed by atoms with Gasteiger partial charge < -0.3 is 19.9 Å². The van der Waals surface area contributed by atoms with E-state index in [2.05, 4.69) is 22.3 Å². The van der Waals surface area contributed by atoms with Gasteiger partial charge in [0.15, 0.2) is 0 Å². The van der Waals surface area contributed by atoms with E-state index in [1.807, 2.05) is 47.4 Å². The summed E-state index contributed by atoms with van der Waals surface area (Å²) in [6.07, 6.45) is 0. The zero-order chi connectivity index (χ0) is 16.8. The third-order valence-corrected chi connectivity index (χ3v) is 4.29. The van der Waals surface area contributed by atoms with E-state index >= 15 is 0 Å². The second-order valence-corrected chi connectivity index (χ2v) is 5.79. The van der Waals surface area contributed by atoms with Crippen molar-refractivity contribution in [3.05, 3.63) is 54.6 Å². The Labute approximate surface area is 142 Å². The second-order valence-electron chi connectivity index (χ2n) is 5.79. The molecule has 126 valence electrons. The van der Waals surface area contributed by atoms with Gasteiger partial charge in [-0.1, -0.05) is 18.2 Å². The van der Waals surface area contributed by atoms with Gasteiger partial charge in [0, 0.05) is 37.6 Å². The maximum atomic E-state index is 12.4. The number of carbonyl (C=O) groups excluding carboxylic acids is 1. The molecule has 1 fully saturated rings. The summed E-state index contributed by atoms with van der Waals surface area (Å²) in [4.78, 5) is 16.6. The van der Waals surface area contributed by atoms with E-state index in [-0.39, 0.29) is 5.91 Å². The number of benzene rings is 2. The summed E-state index contributed by atoms with van der Waals surface area (Å²) in [6.45, 7) is 3.59. The Hall–Kier alpha value is -2.69. The molecule has 1 aliphatic rings. The molecule has 0 spiro atoms. The first kappa shape index (κ1) is 16.2. The first-order valence-electron chi connectivity index (χ1n) is 8.22. The van der Waals surface area contributed by atoms with Crippen molar-refractivity contribution in [3.63, 3.8) is 0 Å². The van der Waals surface area contributed by atoms with Crippen molar-refractivity contribution in [2.75, 3.05) is 50.1 Å². The van der Waals surface area contributed by atoms with Crippen LogP contribution in [-0.4, -0.2) is 50.6 Å². The molecule has 1 aliphatic heterocycles. The molecule has 1 saturated heterocycles. The van der Waals surface area contributed by atoms with Gasteiger partial charge in [0.05, 0.1) is 13.7 Å². The van der Waals surface area contributed by atoms with E-state index < -0.39 is 0 Å². The average Bonchev–Trinajstić information content (AvgIpc) is 2.67. The number of anilines is 2. The smallest absolute Gasteiger partial charge is 0.241 e. The number of methoxy groups -OCH3 is 1. The minimum absolute atomic E-state index is 0.138. The highest BCUT2D eigenvalue weighted by Crippen LogP contribution is 2.16. The van der Waals surface area contributed by atoms with Crippen LogP contribution >= 0.6 is 0 Å². The third kappa shape index (κ3) is 3.98. The van der Waals surface area contributed by atoms with Gasteiger partial charge in [-0.05, 0) is 36.4 Å². The number of carbonyl (C=O) groups is 1. The zero-order valence-electron chi connectivity index (χ0n) is 13.9. The molecular formula is C19H23N3O2. The van der Waals surface area contributed by atoms with Gasteiger partial charge in [0.2, 0.25) is 5.91 Å². The molecule has 0 aromatic heterocycles. The van der Waals surface area contributed by atoms with Crippen molar-refractivity contribution in [1.82, 2.24) is 4.90 Å². The molecule has 2 aromatic carbocycles. The lowest BCUT2D eigenvalue weighted by atomic mass is 10.2. The summed E-state index contributed by atoms with van der Waals surface area (Å²) < 4.78 is 5.13. The summed E-state index contributed by atoms with van der Waals surface area (Å²) in [5.74, 6) is 0.947. The minimum Gasteiger partial charge on any atom is -0.497 e. The Bertz CT molecular complexity index is 650. The summed E-state index contributed by atoms with van der Waals surface area (Å²) in [6, 6.07) is 17.9. The van der Waals surface area contributed by atoms with Crippen LogP contribution in [0.3, 0.4) is 0 Å². The maximum Gasteiger partial charge on any atom is 0.241 e. The number of para-hydroxylation sites is 1. The van der Waals surface area contributed by atoms with Crippen molar-refractivity contribution >= 4 is 17.3 Å². The van der Waals surface area contributed by atoms with Gasteiger partial charge in [-0.15, -0.1) is 0 Å². The molecule has 0 saturated carbocycles. The average molecular weight is 325 g/mol. The van der Waals surface area contributed by atoms with E-state index in [1.165, 1.54) is 5.69 Å². The molecule has 24 heavy (non-hydrogen) atoms. The molecule has 2 aromatic rings. The molecule has 0 atom stereocenters. The fourth-order valence-electron chi connectivity index (χ4n) is 2.85. The van der Waals surface area contributed by atoms with Crippen LogP contribution in [0, 0.1) is 0 Å². The lowest BCUT2D eigenvalue weighted by Gasteiger charge is -2.36. The number of rotatable bonds is 5. The van der Waals surface area contributed by atoms with Crippen LogP contribution in [-0.2, 0) is 4.79 Å². The molecule has 3 rings (SSSR count). The number of piperazine rings is 1. The van der Waals surface area contributed by atoms with Gasteiger partial charge in [-0.2, -0.15) is 0 Å². The monoisotopic (exact) mass is 325 g/mol. The lowest BCUT2D eigenvalue weighted by molar-refractivity contribution is -0.129. The second kappa shape index (κ2) is 7.73. The topological polar surface area (TPSA) is 44.8 Å². The molecule has 0 aliphatic carbocycles. The van der Waals surface area contributed by atoms with Crippen molar-refractivity contribution in [1.29, 1.82) is 0 Å². The molecule has 5 nitrogen and oxygen atoms in total. The SMILES string of the molecule is COc1ccc(NCC(=O)N2CCN(c3ccccc3)CC2)cc1. The number of nitrogens with zero attached hydrogens (tertiary/aromatic N) is 2. The van der Waals surface area contributed by atoms with Crippen LogP contribution in [0.25, 0.3) is 0 Å². The van der Waals surface area contributed by atoms with Crippen molar-refractivity contribution < 1.29 is 9.53 Å².